The molecule has 7 heteroatoms. The number of carbonyl (C=O) groups excluding carboxylic acids is 2. The van der Waals surface area contributed by atoms with E-state index in [1.54, 1.807) is 0 Å². The first-order chi connectivity index (χ1) is 13.9. The maximum absolute atomic E-state index is 12.8. The lowest BCUT2D eigenvalue weighted by molar-refractivity contribution is -0.150. The highest BCUT2D eigenvalue weighted by molar-refractivity contribution is 5.87. The molecule has 164 valence electrons. The molecule has 0 fully saturated rings. The number of hydrogen-bond donors (Lipinski definition) is 2. The number of Topliss-reactive ketones (excluding diaryl/α,β-unsaturated/α-hetero) is 1. The van der Waals surface area contributed by atoms with Crippen LogP contribution < -0.4 is 11.1 Å². The van der Waals surface area contributed by atoms with Gasteiger partial charge in [-0.15, -0.1) is 0 Å². The van der Waals surface area contributed by atoms with Crippen LogP contribution in [-0.2, 0) is 25.6 Å². The number of benzene rings is 1. The van der Waals surface area contributed by atoms with Gasteiger partial charge in [0.15, 0.2) is 12.1 Å². The summed E-state index contributed by atoms with van der Waals surface area (Å²) in [5.74, 6) is -0.0872. The zero-order valence-corrected chi connectivity index (χ0v) is 18.1. The Hall–Kier alpha value is -1.96. The largest absolute Gasteiger partial charge is 0.445 e. The zero-order chi connectivity index (χ0) is 21.6. The van der Waals surface area contributed by atoms with Crippen molar-refractivity contribution in [2.75, 3.05) is 13.2 Å². The van der Waals surface area contributed by atoms with Crippen LogP contribution in [0.25, 0.3) is 0 Å². The van der Waals surface area contributed by atoms with Gasteiger partial charge >= 0.3 is 6.09 Å². The minimum absolute atomic E-state index is 0.0161. The Bertz CT molecular complexity index is 590. The lowest BCUT2D eigenvalue weighted by atomic mass is 9.92. The van der Waals surface area contributed by atoms with E-state index in [1.807, 2.05) is 58.0 Å². The molecule has 0 aliphatic carbocycles. The Balaban J connectivity index is 2.59. The van der Waals surface area contributed by atoms with E-state index >= 15 is 0 Å². The van der Waals surface area contributed by atoms with Gasteiger partial charge in [-0.05, 0) is 31.7 Å². The van der Waals surface area contributed by atoms with Crippen molar-refractivity contribution in [1.82, 2.24) is 5.32 Å². The molecule has 1 unspecified atom stereocenters. The van der Waals surface area contributed by atoms with E-state index in [-0.39, 0.29) is 24.7 Å². The predicted octanol–water partition coefficient (Wildman–Crippen LogP) is 3.40. The smallest absolute Gasteiger partial charge is 0.408 e. The first-order valence-corrected chi connectivity index (χ1v) is 10.4. The molecule has 1 amide bonds. The van der Waals surface area contributed by atoms with Gasteiger partial charge in [-0.3, -0.25) is 4.79 Å². The number of ether oxygens (including phenoxy) is 3. The maximum Gasteiger partial charge on any atom is 0.408 e. The van der Waals surface area contributed by atoms with Crippen LogP contribution in [0, 0.1) is 5.92 Å². The number of carbonyl (C=O) groups is 2. The molecule has 1 aromatic rings. The van der Waals surface area contributed by atoms with Crippen LogP contribution >= 0.6 is 0 Å². The lowest BCUT2D eigenvalue weighted by Crippen LogP contribution is -2.46. The van der Waals surface area contributed by atoms with Crippen LogP contribution in [0.5, 0.6) is 0 Å². The molecule has 1 rings (SSSR count). The van der Waals surface area contributed by atoms with Crippen molar-refractivity contribution in [3.8, 4) is 0 Å². The molecule has 0 saturated carbocycles. The van der Waals surface area contributed by atoms with E-state index in [9.17, 15) is 9.59 Å². The Morgan fingerprint density at radius 1 is 1.07 bits per heavy atom. The fourth-order valence-corrected chi connectivity index (χ4v) is 2.89. The van der Waals surface area contributed by atoms with Crippen LogP contribution in [-0.4, -0.2) is 43.5 Å². The van der Waals surface area contributed by atoms with E-state index < -0.39 is 24.5 Å². The Kier molecular flexibility index (Phi) is 12.2. The Morgan fingerprint density at radius 2 is 1.69 bits per heavy atom. The number of ketones is 1. The molecule has 0 bridgehead atoms. The van der Waals surface area contributed by atoms with E-state index in [1.165, 1.54) is 0 Å². The number of nitrogens with one attached hydrogen (secondary N) is 1. The predicted molar refractivity (Wildman–Crippen MR) is 112 cm³/mol. The van der Waals surface area contributed by atoms with Crippen LogP contribution in [0.1, 0.15) is 52.5 Å². The fraction of sp³-hybridized carbons (Fsp3) is 0.636. The minimum Gasteiger partial charge on any atom is -0.445 e. The highest BCUT2D eigenvalue weighted by Crippen LogP contribution is 2.14. The van der Waals surface area contributed by atoms with Gasteiger partial charge in [0.25, 0.3) is 0 Å². The third kappa shape index (κ3) is 9.39. The van der Waals surface area contributed by atoms with Crippen LogP contribution in [0.15, 0.2) is 30.3 Å². The van der Waals surface area contributed by atoms with E-state index in [4.69, 9.17) is 19.9 Å². The second kappa shape index (κ2) is 14.1. The summed E-state index contributed by atoms with van der Waals surface area (Å²) in [5, 5.41) is 2.73. The van der Waals surface area contributed by atoms with Crippen LogP contribution in [0.2, 0.25) is 0 Å². The molecule has 3 N–H and O–H groups in total. The highest BCUT2D eigenvalue weighted by atomic mass is 16.7. The third-order valence-corrected chi connectivity index (χ3v) is 4.78. The second-order valence-corrected chi connectivity index (χ2v) is 7.02. The molecule has 0 aliphatic heterocycles. The third-order valence-electron chi connectivity index (χ3n) is 4.78. The van der Waals surface area contributed by atoms with Gasteiger partial charge in [-0.2, -0.15) is 0 Å². The summed E-state index contributed by atoms with van der Waals surface area (Å²) in [6, 6.07) is 8.37. The van der Waals surface area contributed by atoms with Crippen molar-refractivity contribution in [2.45, 2.75) is 71.9 Å². The summed E-state index contributed by atoms with van der Waals surface area (Å²) in [7, 11) is 0. The topological polar surface area (TPSA) is 99.9 Å². The molecule has 29 heavy (non-hydrogen) atoms. The highest BCUT2D eigenvalue weighted by Gasteiger charge is 2.28. The zero-order valence-electron chi connectivity index (χ0n) is 18.1. The molecule has 7 nitrogen and oxygen atoms in total. The number of alkyl carbamates (subject to hydrolysis) is 1. The van der Waals surface area contributed by atoms with Crippen LogP contribution in [0.3, 0.4) is 0 Å². The van der Waals surface area contributed by atoms with Crippen molar-refractivity contribution >= 4 is 11.9 Å². The van der Waals surface area contributed by atoms with Crippen molar-refractivity contribution in [3.63, 3.8) is 0 Å². The summed E-state index contributed by atoms with van der Waals surface area (Å²) in [6.07, 6.45) is 0.257. The molecule has 1 aromatic carbocycles. The van der Waals surface area contributed by atoms with Gasteiger partial charge in [0, 0.05) is 19.6 Å². The van der Waals surface area contributed by atoms with Gasteiger partial charge in [-0.1, -0.05) is 50.6 Å². The number of amides is 1. The quantitative estimate of drug-likeness (QED) is 0.458. The summed E-state index contributed by atoms with van der Waals surface area (Å²) >= 11 is 0. The van der Waals surface area contributed by atoms with Gasteiger partial charge in [-0.25, -0.2) is 4.79 Å². The van der Waals surface area contributed by atoms with Crippen molar-refractivity contribution in [3.05, 3.63) is 35.9 Å². The van der Waals surface area contributed by atoms with Gasteiger partial charge in [0.1, 0.15) is 6.61 Å². The summed E-state index contributed by atoms with van der Waals surface area (Å²) in [5.41, 5.74) is 7.03. The summed E-state index contributed by atoms with van der Waals surface area (Å²) in [4.78, 5) is 25.0. The molecule has 0 radical (unpaired) electrons. The molecule has 0 saturated heterocycles. The average molecular weight is 409 g/mol. The van der Waals surface area contributed by atoms with E-state index in [2.05, 4.69) is 5.32 Å². The average Bonchev–Trinajstić information content (AvgIpc) is 2.74. The van der Waals surface area contributed by atoms with Gasteiger partial charge in [0.2, 0.25) is 0 Å². The fourth-order valence-electron chi connectivity index (χ4n) is 2.89. The minimum atomic E-state index is -0.617. The first kappa shape index (κ1) is 25.1. The van der Waals surface area contributed by atoms with Crippen molar-refractivity contribution < 1.29 is 23.8 Å². The van der Waals surface area contributed by atoms with Crippen molar-refractivity contribution in [1.29, 1.82) is 0 Å². The molecule has 0 aromatic heterocycles. The lowest BCUT2D eigenvalue weighted by Gasteiger charge is -2.26. The first-order valence-electron chi connectivity index (χ1n) is 10.4. The van der Waals surface area contributed by atoms with Gasteiger partial charge in [0.05, 0.1) is 12.1 Å². The SMILES string of the molecule is CCOC(OCC)C(N)CCC(=O)[C@@H](NC(=O)OCc1ccccc1)[C@@H](C)CC. The van der Waals surface area contributed by atoms with E-state index in [0.29, 0.717) is 19.6 Å². The number of hydrogen-bond acceptors (Lipinski definition) is 6. The Labute approximate surface area is 174 Å². The number of rotatable bonds is 14. The van der Waals surface area contributed by atoms with Crippen LogP contribution in [0.4, 0.5) is 4.79 Å². The van der Waals surface area contributed by atoms with E-state index in [0.717, 1.165) is 12.0 Å². The van der Waals surface area contributed by atoms with Gasteiger partial charge < -0.3 is 25.3 Å². The maximum atomic E-state index is 12.8. The Morgan fingerprint density at radius 3 is 2.24 bits per heavy atom. The molecule has 0 aliphatic rings. The molecule has 0 spiro atoms. The van der Waals surface area contributed by atoms with Crippen molar-refractivity contribution in [2.24, 2.45) is 11.7 Å². The molecular formula is C22H36N2O5. The monoisotopic (exact) mass is 408 g/mol. The summed E-state index contributed by atoms with van der Waals surface area (Å²) < 4.78 is 16.3. The number of nitrogens with two attached hydrogens (primary N) is 1. The standard InChI is InChI=1S/C22H36N2O5/c1-5-16(4)20(24-22(26)29-15-17-11-9-8-10-12-17)19(25)14-13-18(23)21(27-6-2)28-7-3/h8-12,16,18,20-21H,5-7,13-15,23H2,1-4H3,(H,24,26)/t16-,18?,20-/m0/s1. The molecule has 3 atom stereocenters. The molecule has 0 heterocycles. The summed E-state index contributed by atoms with van der Waals surface area (Å²) in [6.45, 7) is 8.77. The second-order valence-electron chi connectivity index (χ2n) is 7.02. The molecular weight excluding hydrogens is 372 g/mol. The normalized spacial score (nSPS) is 14.3.